The van der Waals surface area contributed by atoms with Crippen LogP contribution in [0, 0.1) is 17.0 Å². The molecular weight excluding hydrogens is 542 g/mol. The molecule has 0 fully saturated rings. The van der Waals surface area contributed by atoms with Gasteiger partial charge in [-0.2, -0.15) is 4.57 Å². The normalized spacial score (nSPS) is 11.5. The summed E-state index contributed by atoms with van der Waals surface area (Å²) in [4.78, 5) is 22.7. The molecule has 5 aromatic rings. The molecule has 0 unspecified atom stereocenters. The van der Waals surface area contributed by atoms with Crippen molar-refractivity contribution in [1.29, 1.82) is 0 Å². The maximum atomic E-state index is 12.3. The fourth-order valence-corrected chi connectivity index (χ4v) is 5.40. The van der Waals surface area contributed by atoms with Gasteiger partial charge in [-0.1, -0.05) is 59.4 Å². The lowest BCUT2D eigenvalue weighted by Gasteiger charge is -2.05. The molecule has 2 aromatic heterocycles. The molecule has 0 saturated carbocycles. The first-order valence-electron chi connectivity index (χ1n) is 11.5. The van der Waals surface area contributed by atoms with Crippen molar-refractivity contribution in [2.75, 3.05) is 0 Å². The number of nitro groups is 1. The fourth-order valence-electron chi connectivity index (χ4n) is 3.85. The molecule has 3 aromatic carbocycles. The molecule has 39 heavy (non-hydrogen) atoms. The Labute approximate surface area is 227 Å². The maximum absolute atomic E-state index is 12.3. The highest BCUT2D eigenvalue weighted by atomic mass is 32.2. The minimum atomic E-state index is -4.27. The fraction of sp³-hybridized carbons (Fsp3) is 0.111. The molecule has 2 heterocycles. The van der Waals surface area contributed by atoms with E-state index in [2.05, 4.69) is 0 Å². The van der Waals surface area contributed by atoms with Crippen molar-refractivity contribution in [1.82, 2.24) is 4.74 Å². The first-order valence-corrected chi connectivity index (χ1v) is 13.7. The number of non-ortho nitro benzene ring substituents is 1. The van der Waals surface area contributed by atoms with Crippen LogP contribution in [-0.2, 0) is 24.2 Å². The number of hydrogen-bond donors (Lipinski definition) is 0. The lowest BCUT2D eigenvalue weighted by atomic mass is 10.1. The van der Waals surface area contributed by atoms with Gasteiger partial charge in [0.05, 0.1) is 21.1 Å². The third kappa shape index (κ3) is 6.20. The van der Waals surface area contributed by atoms with Crippen LogP contribution >= 0.6 is 11.3 Å². The van der Waals surface area contributed by atoms with Crippen molar-refractivity contribution in [3.8, 4) is 11.3 Å². The average molecular weight is 566 g/mol. The first-order chi connectivity index (χ1) is 18.5. The van der Waals surface area contributed by atoms with Crippen LogP contribution in [0.15, 0.2) is 87.0 Å². The van der Waals surface area contributed by atoms with Gasteiger partial charge in [0.1, 0.15) is 21.9 Å². The second-order valence-electron chi connectivity index (χ2n) is 8.51. The number of thiazole rings is 1. The summed E-state index contributed by atoms with van der Waals surface area (Å²) in [6.07, 6.45) is 3.56. The summed E-state index contributed by atoms with van der Waals surface area (Å²) in [6.45, 7) is 1.82. The monoisotopic (exact) mass is 565 g/mol. The summed E-state index contributed by atoms with van der Waals surface area (Å²) in [5.74, 6) is 0. The summed E-state index contributed by atoms with van der Waals surface area (Å²) in [6, 6.07) is 20.1. The molecule has 0 radical (unpaired) electrons. The molecule has 0 aliphatic heterocycles. The largest absolute Gasteiger partial charge is 0.744 e. The van der Waals surface area contributed by atoms with Gasteiger partial charge in [0.15, 0.2) is 0 Å². The minimum Gasteiger partial charge on any atom is -0.744 e. The molecular formula is C27H23N3O7S2. The van der Waals surface area contributed by atoms with E-state index in [9.17, 15) is 27.9 Å². The molecule has 0 spiro atoms. The van der Waals surface area contributed by atoms with Crippen LogP contribution in [0.3, 0.4) is 0 Å². The van der Waals surface area contributed by atoms with E-state index in [-0.39, 0.29) is 10.6 Å². The van der Waals surface area contributed by atoms with E-state index in [1.165, 1.54) is 34.3 Å². The van der Waals surface area contributed by atoms with Gasteiger partial charge in [-0.3, -0.25) is 10.1 Å². The second-order valence-corrected chi connectivity index (χ2v) is 11.0. The molecule has 0 aliphatic carbocycles. The minimum absolute atomic E-state index is 0.0555. The highest BCUT2D eigenvalue weighted by Gasteiger charge is 2.19. The van der Waals surface area contributed by atoms with Gasteiger partial charge in [0, 0.05) is 36.9 Å². The summed E-state index contributed by atoms with van der Waals surface area (Å²) < 4.78 is 40.6. The van der Waals surface area contributed by atoms with Crippen LogP contribution in [0.2, 0.25) is 0 Å². The zero-order valence-electron chi connectivity index (χ0n) is 21.1. The van der Waals surface area contributed by atoms with Gasteiger partial charge < -0.3 is 9.08 Å². The molecule has 5 rings (SSSR count). The number of nitro benzene ring substituents is 1. The van der Waals surface area contributed by atoms with Crippen molar-refractivity contribution in [2.24, 2.45) is 14.1 Å². The molecule has 200 valence electrons. The van der Waals surface area contributed by atoms with Crippen LogP contribution in [0.4, 0.5) is 5.69 Å². The number of fused-ring (bicyclic) bond motifs is 1. The first kappa shape index (κ1) is 27.6. The highest BCUT2D eigenvalue weighted by molar-refractivity contribution is 7.85. The smallest absolute Gasteiger partial charge is 0.365 e. The number of nitrogens with zero attached hydrogens (tertiary/aromatic N) is 3. The summed E-state index contributed by atoms with van der Waals surface area (Å²) >= 11 is 1.42. The van der Waals surface area contributed by atoms with Crippen LogP contribution in [0.5, 0.6) is 0 Å². The zero-order valence-corrected chi connectivity index (χ0v) is 22.7. The third-order valence-corrected chi connectivity index (χ3v) is 7.84. The molecule has 0 atom stereocenters. The molecule has 0 N–H and O–H groups in total. The molecule has 0 bridgehead atoms. The van der Waals surface area contributed by atoms with E-state index >= 15 is 0 Å². The highest BCUT2D eigenvalue weighted by Crippen LogP contribution is 2.27. The summed E-state index contributed by atoms with van der Waals surface area (Å²) in [7, 11) is -0.691. The Bertz CT molecular complexity index is 1850. The Morgan fingerprint density at radius 1 is 1.03 bits per heavy atom. The number of benzene rings is 3. The SMILES string of the molecule is Cc1ccc(S(=O)(=O)[O-])cc1.Cn1oc(=O)c(C=Cc2sc3cc([N+](=O)[O-])ccc3[n+]2C)c1-c1ccccc1. The van der Waals surface area contributed by atoms with E-state index in [4.69, 9.17) is 4.52 Å². The van der Waals surface area contributed by atoms with Gasteiger partial charge in [-0.15, -0.1) is 0 Å². The zero-order chi connectivity index (χ0) is 28.3. The Kier molecular flexibility index (Phi) is 7.90. The maximum Gasteiger partial charge on any atom is 0.365 e. The number of rotatable bonds is 5. The lowest BCUT2D eigenvalue weighted by molar-refractivity contribution is -0.642. The molecule has 0 amide bonds. The Morgan fingerprint density at radius 3 is 2.31 bits per heavy atom. The predicted octanol–water partition coefficient (Wildman–Crippen LogP) is 4.66. The number of aromatic nitrogens is 2. The number of hydrogen-bond acceptors (Lipinski definition) is 8. The Morgan fingerprint density at radius 2 is 1.69 bits per heavy atom. The number of aryl methyl sites for hydroxylation is 3. The topological polar surface area (TPSA) is 139 Å². The second kappa shape index (κ2) is 11.2. The third-order valence-electron chi connectivity index (χ3n) is 5.82. The van der Waals surface area contributed by atoms with E-state index in [1.54, 1.807) is 37.4 Å². The summed E-state index contributed by atoms with van der Waals surface area (Å²) in [5, 5.41) is 11.9. The van der Waals surface area contributed by atoms with Crippen molar-refractivity contribution in [3.05, 3.63) is 109 Å². The summed E-state index contributed by atoms with van der Waals surface area (Å²) in [5.41, 5.74) is 3.48. The van der Waals surface area contributed by atoms with Crippen molar-refractivity contribution in [3.63, 3.8) is 0 Å². The van der Waals surface area contributed by atoms with Gasteiger partial charge in [-0.05, 0) is 25.1 Å². The van der Waals surface area contributed by atoms with E-state index in [0.717, 1.165) is 26.4 Å². The van der Waals surface area contributed by atoms with Gasteiger partial charge in [0.2, 0.25) is 5.52 Å². The molecule has 12 heteroatoms. The quantitative estimate of drug-likeness (QED) is 0.131. The van der Waals surface area contributed by atoms with E-state index < -0.39 is 20.7 Å². The average Bonchev–Trinajstić information content (AvgIpc) is 3.36. The molecule has 10 nitrogen and oxygen atoms in total. The van der Waals surface area contributed by atoms with Crippen LogP contribution < -0.4 is 10.2 Å². The van der Waals surface area contributed by atoms with Crippen molar-refractivity contribution >= 4 is 49.5 Å². The Balaban J connectivity index is 0.000000270. The van der Waals surface area contributed by atoms with E-state index in [0.29, 0.717) is 11.3 Å². The van der Waals surface area contributed by atoms with Gasteiger partial charge in [-0.25, -0.2) is 18.0 Å². The van der Waals surface area contributed by atoms with E-state index in [1.807, 2.05) is 54.9 Å². The van der Waals surface area contributed by atoms with Crippen LogP contribution in [-0.4, -0.2) is 22.6 Å². The standard InChI is InChI=1S/C20H16N3O4S.C7H8O3S/c1-21-16-10-8-14(23(25)26)12-17(16)28-18(21)11-9-15-19(22(2)27-20(15)24)13-6-4-3-5-7-13;1-6-2-4-7(5-3-6)11(8,9)10/h3-12H,1-2H3;2-5H,1H3,(H,8,9,10)/q+1;/p-1. The lowest BCUT2D eigenvalue weighted by Crippen LogP contribution is -2.28. The van der Waals surface area contributed by atoms with Crippen LogP contribution in [0.25, 0.3) is 33.6 Å². The predicted molar refractivity (Wildman–Crippen MR) is 147 cm³/mol. The Hall–Kier alpha value is -4.39. The van der Waals surface area contributed by atoms with Crippen LogP contribution in [0.1, 0.15) is 16.1 Å². The van der Waals surface area contributed by atoms with Crippen molar-refractivity contribution in [2.45, 2.75) is 11.8 Å². The molecule has 0 aliphatic rings. The van der Waals surface area contributed by atoms with Gasteiger partial charge in [0.25, 0.3) is 10.7 Å². The van der Waals surface area contributed by atoms with Gasteiger partial charge >= 0.3 is 5.63 Å². The van der Waals surface area contributed by atoms with Crippen molar-refractivity contribution < 1.29 is 27.0 Å². The molecule has 0 saturated heterocycles.